The fraction of sp³-hybridized carbons (Fsp3) is 0.662. The molecular formula is C65H110NO8P. The number of hydrogen-bond acceptors (Lipinski definition) is 8. The van der Waals surface area contributed by atoms with Crippen molar-refractivity contribution in [3.8, 4) is 0 Å². The van der Waals surface area contributed by atoms with Crippen molar-refractivity contribution in [2.24, 2.45) is 0 Å². The maximum Gasteiger partial charge on any atom is 0.306 e. The second-order valence-corrected chi connectivity index (χ2v) is 22.0. The molecule has 0 aliphatic heterocycles. The molecule has 0 aliphatic rings. The van der Waals surface area contributed by atoms with Crippen LogP contribution in [0.15, 0.2) is 122 Å². The Morgan fingerprint density at radius 1 is 0.427 bits per heavy atom. The summed E-state index contributed by atoms with van der Waals surface area (Å²) >= 11 is 0. The Hall–Kier alpha value is -3.59. The summed E-state index contributed by atoms with van der Waals surface area (Å²) in [6.07, 6.45) is 78.2. The van der Waals surface area contributed by atoms with Crippen molar-refractivity contribution in [2.75, 3.05) is 47.5 Å². The zero-order valence-corrected chi connectivity index (χ0v) is 49.3. The molecule has 0 rings (SSSR count). The van der Waals surface area contributed by atoms with Crippen LogP contribution < -0.4 is 4.89 Å². The highest BCUT2D eigenvalue weighted by atomic mass is 31.2. The van der Waals surface area contributed by atoms with E-state index in [1.54, 1.807) is 0 Å². The van der Waals surface area contributed by atoms with E-state index < -0.39 is 32.5 Å². The minimum absolute atomic E-state index is 0.0447. The third kappa shape index (κ3) is 59.5. The average Bonchev–Trinajstić information content (AvgIpc) is 3.37. The number of allylic oxidation sites excluding steroid dienone is 20. The predicted octanol–water partition coefficient (Wildman–Crippen LogP) is 18.1. The van der Waals surface area contributed by atoms with Crippen LogP contribution in [0.5, 0.6) is 0 Å². The predicted molar refractivity (Wildman–Crippen MR) is 318 cm³/mol. The van der Waals surface area contributed by atoms with Gasteiger partial charge in [-0.25, -0.2) is 0 Å². The van der Waals surface area contributed by atoms with Gasteiger partial charge in [-0.1, -0.05) is 245 Å². The molecule has 10 heteroatoms. The Kier molecular flexibility index (Phi) is 52.5. The van der Waals surface area contributed by atoms with Crippen molar-refractivity contribution in [2.45, 2.75) is 232 Å². The monoisotopic (exact) mass is 1060 g/mol. The van der Waals surface area contributed by atoms with Gasteiger partial charge in [0.05, 0.1) is 27.7 Å². The van der Waals surface area contributed by atoms with E-state index in [1.165, 1.54) is 96.3 Å². The van der Waals surface area contributed by atoms with Crippen LogP contribution in [0, 0.1) is 0 Å². The third-order valence-electron chi connectivity index (χ3n) is 12.2. The molecule has 75 heavy (non-hydrogen) atoms. The van der Waals surface area contributed by atoms with Gasteiger partial charge in [0.25, 0.3) is 7.82 Å². The molecule has 0 spiro atoms. The lowest BCUT2D eigenvalue weighted by Crippen LogP contribution is -2.37. The lowest BCUT2D eigenvalue weighted by Gasteiger charge is -2.28. The van der Waals surface area contributed by atoms with Gasteiger partial charge in [0, 0.05) is 12.8 Å². The molecule has 0 saturated carbocycles. The van der Waals surface area contributed by atoms with Gasteiger partial charge in [-0.15, -0.1) is 0 Å². The molecule has 0 bridgehead atoms. The Morgan fingerprint density at radius 2 is 0.760 bits per heavy atom. The topological polar surface area (TPSA) is 111 Å². The molecule has 0 amide bonds. The summed E-state index contributed by atoms with van der Waals surface area (Å²) in [6, 6.07) is 0. The summed E-state index contributed by atoms with van der Waals surface area (Å²) in [5.41, 5.74) is 0. The molecular weight excluding hydrogens is 954 g/mol. The number of likely N-dealkylation sites (N-methyl/N-ethyl adjacent to an activating group) is 1. The van der Waals surface area contributed by atoms with Gasteiger partial charge in [0.15, 0.2) is 6.10 Å². The number of quaternary nitrogens is 1. The number of hydrogen-bond donors (Lipinski definition) is 0. The summed E-state index contributed by atoms with van der Waals surface area (Å²) in [5, 5.41) is 0. The quantitative estimate of drug-likeness (QED) is 0.0195. The molecule has 2 unspecified atom stereocenters. The van der Waals surface area contributed by atoms with E-state index in [1.807, 2.05) is 21.1 Å². The first-order valence-electron chi connectivity index (χ1n) is 29.7. The van der Waals surface area contributed by atoms with E-state index in [0.717, 1.165) is 96.3 Å². The summed E-state index contributed by atoms with van der Waals surface area (Å²) < 4.78 is 34.1. The van der Waals surface area contributed by atoms with Crippen LogP contribution in [0.2, 0.25) is 0 Å². The standard InChI is InChI=1S/C65H110NO8P/c1-6-8-10-12-14-16-18-20-22-24-26-27-28-29-30-31-32-33-34-35-36-37-38-39-40-42-44-46-48-50-52-54-56-58-65(68)74-63(62-73-75(69,70)72-60-59-66(3,4)5)61-71-64(67)57-55-53-51-49-47-45-43-41-25-23-21-19-17-15-13-11-9-7-2/h8,10,14,16,20,22,26-27,29-30,32-33,35-36,38-39,42,44,48,50,63H,6-7,9,11-13,15,17-19,21,23-25,28,31,34,37,40-41,43,45-47,49,51-62H2,1-5H3/b10-8-,16-14-,22-20-,27-26-,30-29-,33-32-,36-35-,39-38-,44-42-,50-48-. The number of nitrogens with zero attached hydrogens (tertiary/aromatic N) is 1. The normalized spacial score (nSPS) is 14.2. The third-order valence-corrected chi connectivity index (χ3v) is 13.2. The largest absolute Gasteiger partial charge is 0.756 e. The van der Waals surface area contributed by atoms with E-state index in [0.29, 0.717) is 17.4 Å². The first-order valence-corrected chi connectivity index (χ1v) is 31.2. The second-order valence-electron chi connectivity index (χ2n) is 20.6. The minimum Gasteiger partial charge on any atom is -0.756 e. The zero-order chi connectivity index (χ0) is 54.9. The number of unbranched alkanes of at least 4 members (excludes halogenated alkanes) is 19. The Balaban J connectivity index is 4.28. The molecule has 0 fully saturated rings. The van der Waals surface area contributed by atoms with Crippen LogP contribution in [0.4, 0.5) is 0 Å². The second kappa shape index (κ2) is 55.2. The molecule has 0 radical (unpaired) electrons. The number of carbonyl (C=O) groups excluding carboxylic acids is 2. The number of phosphoric acid groups is 1. The number of phosphoric ester groups is 1. The van der Waals surface area contributed by atoms with Crippen LogP contribution in [0.25, 0.3) is 0 Å². The van der Waals surface area contributed by atoms with Crippen molar-refractivity contribution in [3.05, 3.63) is 122 Å². The molecule has 0 aromatic carbocycles. The molecule has 0 N–H and O–H groups in total. The Labute approximate surface area is 460 Å². The number of ether oxygens (including phenoxy) is 2. The molecule has 0 aromatic rings. The van der Waals surface area contributed by atoms with Crippen LogP contribution >= 0.6 is 7.82 Å². The summed E-state index contributed by atoms with van der Waals surface area (Å²) in [6.45, 7) is 4.07. The molecule has 428 valence electrons. The van der Waals surface area contributed by atoms with Crippen LogP contribution in [0.1, 0.15) is 226 Å². The van der Waals surface area contributed by atoms with Gasteiger partial charge in [0.2, 0.25) is 0 Å². The maximum atomic E-state index is 12.8. The molecule has 9 nitrogen and oxygen atoms in total. The van der Waals surface area contributed by atoms with E-state index in [4.69, 9.17) is 18.5 Å². The van der Waals surface area contributed by atoms with Crippen molar-refractivity contribution in [1.82, 2.24) is 0 Å². The average molecular weight is 1060 g/mol. The maximum absolute atomic E-state index is 12.8. The fourth-order valence-electron chi connectivity index (χ4n) is 7.68. The number of rotatable bonds is 53. The van der Waals surface area contributed by atoms with Gasteiger partial charge in [-0.3, -0.25) is 14.2 Å². The highest BCUT2D eigenvalue weighted by Crippen LogP contribution is 2.38. The molecule has 0 saturated heterocycles. The van der Waals surface area contributed by atoms with E-state index >= 15 is 0 Å². The smallest absolute Gasteiger partial charge is 0.306 e. The fourth-order valence-corrected chi connectivity index (χ4v) is 8.41. The zero-order valence-electron chi connectivity index (χ0n) is 48.4. The summed E-state index contributed by atoms with van der Waals surface area (Å²) in [4.78, 5) is 37.8. The highest BCUT2D eigenvalue weighted by molar-refractivity contribution is 7.45. The van der Waals surface area contributed by atoms with Crippen molar-refractivity contribution < 1.29 is 42.1 Å². The van der Waals surface area contributed by atoms with Gasteiger partial charge in [-0.05, 0) is 89.9 Å². The van der Waals surface area contributed by atoms with Gasteiger partial charge in [0.1, 0.15) is 19.8 Å². The van der Waals surface area contributed by atoms with Gasteiger partial charge >= 0.3 is 11.9 Å². The van der Waals surface area contributed by atoms with Crippen LogP contribution in [-0.2, 0) is 32.7 Å². The summed E-state index contributed by atoms with van der Waals surface area (Å²) in [5.74, 6) is -0.887. The lowest BCUT2D eigenvalue weighted by atomic mass is 10.0. The molecule has 0 aliphatic carbocycles. The summed E-state index contributed by atoms with van der Waals surface area (Å²) in [7, 11) is 1.12. The van der Waals surface area contributed by atoms with E-state index in [2.05, 4.69) is 135 Å². The van der Waals surface area contributed by atoms with E-state index in [-0.39, 0.29) is 26.1 Å². The number of esters is 2. The van der Waals surface area contributed by atoms with Gasteiger partial charge in [-0.2, -0.15) is 0 Å². The molecule has 0 aromatic heterocycles. The SMILES string of the molecule is CC/C=C\C/C=C\C/C=C\C/C=C\C/C=C\C/C=C\C/C=C\C/C=C\C/C=C\C/C=C\CCCCC(=O)OC(COC(=O)CCCCCCCCCCCCCCCCCCCC)COP(=O)([O-])OCC[N+](C)(C)C. The first kappa shape index (κ1) is 71.4. The van der Waals surface area contributed by atoms with E-state index in [9.17, 15) is 19.0 Å². The minimum atomic E-state index is -4.65. The molecule has 2 atom stereocenters. The van der Waals surface area contributed by atoms with Crippen LogP contribution in [-0.4, -0.2) is 70.0 Å². The van der Waals surface area contributed by atoms with Crippen LogP contribution in [0.3, 0.4) is 0 Å². The van der Waals surface area contributed by atoms with Crippen molar-refractivity contribution in [3.63, 3.8) is 0 Å². The molecule has 0 heterocycles. The highest BCUT2D eigenvalue weighted by Gasteiger charge is 2.21. The Bertz CT molecular complexity index is 1680. The van der Waals surface area contributed by atoms with Crippen molar-refractivity contribution >= 4 is 19.8 Å². The first-order chi connectivity index (χ1) is 36.5. The number of carbonyl (C=O) groups is 2. The Morgan fingerprint density at radius 3 is 1.13 bits per heavy atom. The lowest BCUT2D eigenvalue weighted by molar-refractivity contribution is -0.870. The van der Waals surface area contributed by atoms with Crippen molar-refractivity contribution in [1.29, 1.82) is 0 Å². The van der Waals surface area contributed by atoms with Gasteiger partial charge < -0.3 is 27.9 Å².